The molecule has 1 aliphatic rings. The molecule has 3 rings (SSSR count). The Labute approximate surface area is 157 Å². The van der Waals surface area contributed by atoms with Crippen molar-refractivity contribution in [2.24, 2.45) is 5.73 Å². The van der Waals surface area contributed by atoms with Crippen molar-refractivity contribution >= 4 is 0 Å². The van der Waals surface area contributed by atoms with Gasteiger partial charge in [0.05, 0.1) is 7.11 Å². The van der Waals surface area contributed by atoms with Gasteiger partial charge in [0.25, 0.3) is 0 Å². The number of methoxy groups -OCH3 is 1. The summed E-state index contributed by atoms with van der Waals surface area (Å²) in [7, 11) is 5.89. The lowest BCUT2D eigenvalue weighted by Crippen LogP contribution is -2.39. The third-order valence-corrected chi connectivity index (χ3v) is 5.09. The molecule has 0 unspecified atom stereocenters. The van der Waals surface area contributed by atoms with Crippen LogP contribution in [-0.4, -0.2) is 50.1 Å². The summed E-state index contributed by atoms with van der Waals surface area (Å²) in [4.78, 5) is 4.66. The van der Waals surface area contributed by atoms with E-state index in [1.54, 1.807) is 7.11 Å². The molecule has 0 aliphatic carbocycles. The van der Waals surface area contributed by atoms with Crippen LogP contribution in [0, 0.1) is 0 Å². The Morgan fingerprint density at radius 2 is 1.69 bits per heavy atom. The van der Waals surface area contributed by atoms with Gasteiger partial charge in [0.2, 0.25) is 0 Å². The molecule has 0 bridgehead atoms. The first kappa shape index (κ1) is 18.9. The standard InChI is InChI=1S/C22H31N3O/c1-24(2)16-20-14-19(8-9-22(20)26-3)18-6-4-17(5-7-18)15-25-12-10-21(23)11-13-25/h4-9,14,21H,10-13,15-16,23H2,1-3H3. The molecule has 1 saturated heterocycles. The maximum absolute atomic E-state index is 6.00. The van der Waals surface area contributed by atoms with Crippen LogP contribution < -0.4 is 10.5 Å². The minimum Gasteiger partial charge on any atom is -0.496 e. The summed E-state index contributed by atoms with van der Waals surface area (Å²) >= 11 is 0. The second-order valence-electron chi connectivity index (χ2n) is 7.57. The number of likely N-dealkylation sites (tertiary alicyclic amines) is 1. The molecule has 1 heterocycles. The molecule has 4 nitrogen and oxygen atoms in total. The third kappa shape index (κ3) is 4.85. The largest absolute Gasteiger partial charge is 0.496 e. The van der Waals surface area contributed by atoms with Gasteiger partial charge in [0.15, 0.2) is 0 Å². The summed E-state index contributed by atoms with van der Waals surface area (Å²) in [5.74, 6) is 0.947. The molecule has 0 radical (unpaired) electrons. The van der Waals surface area contributed by atoms with E-state index in [4.69, 9.17) is 10.5 Å². The minimum atomic E-state index is 0.389. The van der Waals surface area contributed by atoms with Gasteiger partial charge in [-0.15, -0.1) is 0 Å². The number of ether oxygens (including phenoxy) is 1. The number of rotatable bonds is 6. The molecule has 26 heavy (non-hydrogen) atoms. The van der Waals surface area contributed by atoms with Crippen molar-refractivity contribution in [2.45, 2.75) is 32.0 Å². The number of hydrogen-bond donors (Lipinski definition) is 1. The van der Waals surface area contributed by atoms with Crippen LogP contribution in [0.3, 0.4) is 0 Å². The molecule has 0 saturated carbocycles. The second-order valence-corrected chi connectivity index (χ2v) is 7.57. The highest BCUT2D eigenvalue weighted by Crippen LogP contribution is 2.28. The van der Waals surface area contributed by atoms with Crippen molar-refractivity contribution < 1.29 is 4.74 Å². The molecular weight excluding hydrogens is 322 g/mol. The fraction of sp³-hybridized carbons (Fsp3) is 0.455. The predicted molar refractivity (Wildman–Crippen MR) is 108 cm³/mol. The molecule has 1 aliphatic heterocycles. The summed E-state index contributed by atoms with van der Waals surface area (Å²) < 4.78 is 5.51. The van der Waals surface area contributed by atoms with E-state index >= 15 is 0 Å². The van der Waals surface area contributed by atoms with Crippen LogP contribution in [0.25, 0.3) is 11.1 Å². The molecule has 0 amide bonds. The van der Waals surface area contributed by atoms with Gasteiger partial charge >= 0.3 is 0 Å². The van der Waals surface area contributed by atoms with Crippen molar-refractivity contribution in [3.05, 3.63) is 53.6 Å². The van der Waals surface area contributed by atoms with Gasteiger partial charge < -0.3 is 15.4 Å². The predicted octanol–water partition coefficient (Wildman–Crippen LogP) is 3.35. The average Bonchev–Trinajstić information content (AvgIpc) is 2.64. The monoisotopic (exact) mass is 353 g/mol. The number of benzene rings is 2. The van der Waals surface area contributed by atoms with Crippen molar-refractivity contribution in [3.63, 3.8) is 0 Å². The first-order valence-electron chi connectivity index (χ1n) is 9.44. The summed E-state index contributed by atoms with van der Waals surface area (Å²) in [5.41, 5.74) is 11.1. The zero-order valence-electron chi connectivity index (χ0n) is 16.2. The van der Waals surface area contributed by atoms with E-state index in [9.17, 15) is 0 Å². The van der Waals surface area contributed by atoms with Gasteiger partial charge in [0, 0.05) is 24.7 Å². The Morgan fingerprint density at radius 3 is 2.31 bits per heavy atom. The van der Waals surface area contributed by atoms with E-state index in [1.165, 1.54) is 22.3 Å². The Bertz CT molecular complexity index is 704. The van der Waals surface area contributed by atoms with Crippen LogP contribution in [0.1, 0.15) is 24.0 Å². The zero-order valence-corrected chi connectivity index (χ0v) is 16.2. The molecule has 4 heteroatoms. The molecule has 140 valence electrons. The zero-order chi connectivity index (χ0) is 18.5. The van der Waals surface area contributed by atoms with Gasteiger partial charge in [-0.3, -0.25) is 4.90 Å². The van der Waals surface area contributed by atoms with Crippen molar-refractivity contribution in [3.8, 4) is 16.9 Å². The SMILES string of the molecule is COc1ccc(-c2ccc(CN3CCC(N)CC3)cc2)cc1CN(C)C. The summed E-state index contributed by atoms with van der Waals surface area (Å²) in [6.07, 6.45) is 2.22. The first-order valence-corrected chi connectivity index (χ1v) is 9.44. The van der Waals surface area contributed by atoms with Gasteiger partial charge in [0.1, 0.15) is 5.75 Å². The van der Waals surface area contributed by atoms with Crippen molar-refractivity contribution in [2.75, 3.05) is 34.3 Å². The highest BCUT2D eigenvalue weighted by molar-refractivity contribution is 5.66. The minimum absolute atomic E-state index is 0.389. The van der Waals surface area contributed by atoms with Crippen LogP contribution in [0.4, 0.5) is 0 Å². The van der Waals surface area contributed by atoms with Gasteiger partial charge in [-0.1, -0.05) is 30.3 Å². The van der Waals surface area contributed by atoms with Gasteiger partial charge in [-0.2, -0.15) is 0 Å². The normalized spacial score (nSPS) is 16.2. The van der Waals surface area contributed by atoms with Crippen LogP contribution in [-0.2, 0) is 13.1 Å². The lowest BCUT2D eigenvalue weighted by molar-refractivity contribution is 0.205. The Balaban J connectivity index is 1.71. The molecule has 0 aromatic heterocycles. The molecule has 0 atom stereocenters. The first-order chi connectivity index (χ1) is 12.5. The highest BCUT2D eigenvalue weighted by atomic mass is 16.5. The van der Waals surface area contributed by atoms with E-state index in [1.807, 2.05) is 0 Å². The molecule has 2 N–H and O–H groups in total. The summed E-state index contributed by atoms with van der Waals surface area (Å²) in [5, 5.41) is 0. The highest BCUT2D eigenvalue weighted by Gasteiger charge is 2.16. The van der Waals surface area contributed by atoms with Gasteiger partial charge in [-0.25, -0.2) is 0 Å². The molecule has 2 aromatic carbocycles. The number of hydrogen-bond acceptors (Lipinski definition) is 4. The average molecular weight is 354 g/mol. The summed E-state index contributed by atoms with van der Waals surface area (Å²) in [6, 6.07) is 15.8. The number of piperidine rings is 1. The van der Waals surface area contributed by atoms with E-state index < -0.39 is 0 Å². The fourth-order valence-corrected chi connectivity index (χ4v) is 3.59. The van der Waals surface area contributed by atoms with E-state index in [0.29, 0.717) is 6.04 Å². The van der Waals surface area contributed by atoms with Crippen LogP contribution in [0.15, 0.2) is 42.5 Å². The second kappa shape index (κ2) is 8.67. The van der Waals surface area contributed by atoms with Crippen LogP contribution in [0.2, 0.25) is 0 Å². The topological polar surface area (TPSA) is 41.7 Å². The summed E-state index contributed by atoms with van der Waals surface area (Å²) in [6.45, 7) is 4.10. The fourth-order valence-electron chi connectivity index (χ4n) is 3.59. The lowest BCUT2D eigenvalue weighted by atomic mass is 10.00. The molecule has 2 aromatic rings. The Hall–Kier alpha value is -1.88. The van der Waals surface area contributed by atoms with E-state index in [0.717, 1.165) is 44.8 Å². The Morgan fingerprint density at radius 1 is 1.04 bits per heavy atom. The van der Waals surface area contributed by atoms with Crippen molar-refractivity contribution in [1.29, 1.82) is 0 Å². The van der Waals surface area contributed by atoms with Crippen molar-refractivity contribution in [1.82, 2.24) is 9.80 Å². The smallest absolute Gasteiger partial charge is 0.123 e. The Kier molecular flexibility index (Phi) is 6.30. The van der Waals surface area contributed by atoms with E-state index in [2.05, 4.69) is 66.4 Å². The van der Waals surface area contributed by atoms with Crippen LogP contribution >= 0.6 is 0 Å². The quantitative estimate of drug-likeness (QED) is 0.865. The van der Waals surface area contributed by atoms with Gasteiger partial charge in [-0.05, 0) is 68.8 Å². The van der Waals surface area contributed by atoms with E-state index in [-0.39, 0.29) is 0 Å². The molecule has 0 spiro atoms. The lowest BCUT2D eigenvalue weighted by Gasteiger charge is -2.30. The molecular formula is C22H31N3O. The van der Waals surface area contributed by atoms with Crippen LogP contribution in [0.5, 0.6) is 5.75 Å². The molecule has 1 fully saturated rings. The number of nitrogens with zero attached hydrogens (tertiary/aromatic N) is 2. The maximum Gasteiger partial charge on any atom is 0.123 e. The number of nitrogens with two attached hydrogens (primary N) is 1. The third-order valence-electron chi connectivity index (χ3n) is 5.09. The maximum atomic E-state index is 6.00.